The number of nitrogens with one attached hydrogen (secondary N) is 1. The molecule has 0 bridgehead atoms. The van der Waals surface area contributed by atoms with Crippen molar-refractivity contribution in [2.75, 3.05) is 26.7 Å². The topological polar surface area (TPSA) is 90.0 Å². The Labute approximate surface area is 124 Å². The molecule has 1 aliphatic heterocycles. The predicted molar refractivity (Wildman–Crippen MR) is 75.3 cm³/mol. The van der Waals surface area contributed by atoms with Crippen LogP contribution in [0.2, 0.25) is 0 Å². The fraction of sp³-hybridized carbons (Fsp3) is 0.786. The highest BCUT2D eigenvalue weighted by molar-refractivity contribution is 6.01. The Morgan fingerprint density at radius 3 is 2.71 bits per heavy atom. The summed E-state index contributed by atoms with van der Waals surface area (Å²) >= 11 is 0. The molecule has 0 aromatic carbocycles. The number of carbonyl (C=O) groups excluding carboxylic acids is 3. The normalized spacial score (nSPS) is 25.8. The fourth-order valence-electron chi connectivity index (χ4n) is 2.87. The van der Waals surface area contributed by atoms with Crippen molar-refractivity contribution in [3.8, 4) is 0 Å². The summed E-state index contributed by atoms with van der Waals surface area (Å²) in [6.45, 7) is 1.01. The molecule has 0 spiro atoms. The summed E-state index contributed by atoms with van der Waals surface area (Å²) in [7, 11) is 1.59. The minimum atomic E-state index is -0.291. The first-order valence-corrected chi connectivity index (χ1v) is 7.47. The van der Waals surface area contributed by atoms with Crippen LogP contribution in [0.1, 0.15) is 32.1 Å². The van der Waals surface area contributed by atoms with Crippen molar-refractivity contribution < 1.29 is 19.5 Å². The molecule has 7 nitrogen and oxygen atoms in total. The van der Waals surface area contributed by atoms with Gasteiger partial charge in [-0.1, -0.05) is 0 Å². The van der Waals surface area contributed by atoms with Crippen LogP contribution in [0.3, 0.4) is 0 Å². The summed E-state index contributed by atoms with van der Waals surface area (Å²) in [5, 5.41) is 12.3. The Morgan fingerprint density at radius 2 is 2.14 bits per heavy atom. The first-order chi connectivity index (χ1) is 9.97. The molecule has 2 atom stereocenters. The van der Waals surface area contributed by atoms with Gasteiger partial charge >= 0.3 is 6.03 Å². The van der Waals surface area contributed by atoms with E-state index < -0.39 is 0 Å². The van der Waals surface area contributed by atoms with E-state index in [9.17, 15) is 19.5 Å². The van der Waals surface area contributed by atoms with Crippen LogP contribution in [0.5, 0.6) is 0 Å². The summed E-state index contributed by atoms with van der Waals surface area (Å²) in [4.78, 5) is 37.4. The maximum atomic E-state index is 11.7. The molecule has 0 radical (unpaired) electrons. The van der Waals surface area contributed by atoms with Crippen LogP contribution < -0.4 is 5.32 Å². The van der Waals surface area contributed by atoms with E-state index in [0.717, 1.165) is 19.3 Å². The number of urea groups is 1. The number of hydrogen-bond acceptors (Lipinski definition) is 4. The van der Waals surface area contributed by atoms with Gasteiger partial charge in [-0.2, -0.15) is 0 Å². The largest absolute Gasteiger partial charge is 0.393 e. The van der Waals surface area contributed by atoms with Gasteiger partial charge in [0.1, 0.15) is 6.54 Å². The molecule has 2 N–H and O–H groups in total. The smallest absolute Gasteiger partial charge is 0.326 e. The number of nitrogens with zero attached hydrogens (tertiary/aromatic N) is 2. The van der Waals surface area contributed by atoms with Crippen molar-refractivity contribution >= 4 is 17.8 Å². The molecule has 2 aliphatic rings. The average molecular weight is 297 g/mol. The van der Waals surface area contributed by atoms with Gasteiger partial charge in [-0.15, -0.1) is 0 Å². The van der Waals surface area contributed by atoms with Gasteiger partial charge in [-0.3, -0.25) is 14.5 Å². The third-order valence-corrected chi connectivity index (χ3v) is 4.12. The first kappa shape index (κ1) is 15.8. The van der Waals surface area contributed by atoms with Crippen LogP contribution in [0.15, 0.2) is 0 Å². The Balaban J connectivity index is 1.61. The molecule has 2 rings (SSSR count). The van der Waals surface area contributed by atoms with Gasteiger partial charge in [0.2, 0.25) is 11.8 Å². The molecule has 0 aromatic heterocycles. The molecule has 118 valence electrons. The van der Waals surface area contributed by atoms with Crippen LogP contribution in [-0.4, -0.2) is 65.5 Å². The van der Waals surface area contributed by atoms with Crippen LogP contribution in [-0.2, 0) is 9.59 Å². The molecule has 1 heterocycles. The van der Waals surface area contributed by atoms with Gasteiger partial charge in [-0.05, 0) is 31.6 Å². The minimum absolute atomic E-state index is 0.0659. The standard InChI is InChI=1S/C14H23N3O4/c1-16-9-13(20)17(14(16)21)6-2-3-12(19)15-8-10-4-5-11(18)7-10/h10-11,18H,2-9H2,1H3,(H,15,19). The van der Waals surface area contributed by atoms with Gasteiger partial charge in [0.25, 0.3) is 0 Å². The zero-order valence-electron chi connectivity index (χ0n) is 12.4. The molecule has 4 amide bonds. The van der Waals surface area contributed by atoms with Crippen molar-refractivity contribution in [3.05, 3.63) is 0 Å². The Kier molecular flexibility index (Phi) is 5.17. The third-order valence-electron chi connectivity index (χ3n) is 4.12. The van der Waals surface area contributed by atoms with Crippen molar-refractivity contribution in [1.82, 2.24) is 15.1 Å². The maximum absolute atomic E-state index is 11.7. The second-order valence-corrected chi connectivity index (χ2v) is 5.92. The van der Waals surface area contributed by atoms with Crippen molar-refractivity contribution in [1.29, 1.82) is 0 Å². The Hall–Kier alpha value is -1.63. The van der Waals surface area contributed by atoms with E-state index in [1.54, 1.807) is 7.05 Å². The molecule has 2 fully saturated rings. The van der Waals surface area contributed by atoms with Crippen LogP contribution in [0, 0.1) is 5.92 Å². The Morgan fingerprint density at radius 1 is 1.38 bits per heavy atom. The van der Waals surface area contributed by atoms with Crippen molar-refractivity contribution in [3.63, 3.8) is 0 Å². The van der Waals surface area contributed by atoms with E-state index >= 15 is 0 Å². The first-order valence-electron chi connectivity index (χ1n) is 7.47. The van der Waals surface area contributed by atoms with Crippen LogP contribution in [0.25, 0.3) is 0 Å². The lowest BCUT2D eigenvalue weighted by molar-refractivity contribution is -0.126. The number of amides is 4. The van der Waals surface area contributed by atoms with Crippen molar-refractivity contribution in [2.24, 2.45) is 5.92 Å². The highest BCUT2D eigenvalue weighted by atomic mass is 16.3. The van der Waals surface area contributed by atoms with Crippen LogP contribution in [0.4, 0.5) is 4.79 Å². The molecule has 0 aromatic rings. The lowest BCUT2D eigenvalue weighted by Gasteiger charge is -2.14. The number of hydrogen-bond donors (Lipinski definition) is 2. The molecule has 7 heteroatoms. The summed E-state index contributed by atoms with van der Waals surface area (Å²) < 4.78 is 0. The maximum Gasteiger partial charge on any atom is 0.326 e. The molecule has 1 aliphatic carbocycles. The number of aliphatic hydroxyl groups excluding tert-OH is 1. The summed E-state index contributed by atoms with van der Waals surface area (Å²) in [6.07, 6.45) is 3.07. The molecular weight excluding hydrogens is 274 g/mol. The Bertz CT molecular complexity index is 426. The van der Waals surface area contributed by atoms with Gasteiger partial charge < -0.3 is 15.3 Å². The number of rotatable bonds is 6. The average Bonchev–Trinajstić information content (AvgIpc) is 2.95. The van der Waals surface area contributed by atoms with E-state index in [1.807, 2.05) is 0 Å². The SMILES string of the molecule is CN1CC(=O)N(CCCC(=O)NCC2CCC(O)C2)C1=O. The molecule has 2 unspecified atom stereocenters. The van der Waals surface area contributed by atoms with Gasteiger partial charge in [0, 0.05) is 26.6 Å². The molecule has 1 saturated carbocycles. The minimum Gasteiger partial charge on any atom is -0.393 e. The zero-order valence-corrected chi connectivity index (χ0v) is 12.4. The van der Waals surface area contributed by atoms with E-state index in [-0.39, 0.29) is 37.0 Å². The lowest BCUT2D eigenvalue weighted by Crippen LogP contribution is -2.34. The number of aliphatic hydroxyl groups is 1. The predicted octanol–water partition coefficient (Wildman–Crippen LogP) is -0.0622. The van der Waals surface area contributed by atoms with Gasteiger partial charge in [0.05, 0.1) is 6.10 Å². The van der Waals surface area contributed by atoms with E-state index in [2.05, 4.69) is 5.32 Å². The number of imide groups is 1. The number of likely N-dealkylation sites (N-methyl/N-ethyl adjacent to an activating group) is 1. The fourth-order valence-corrected chi connectivity index (χ4v) is 2.87. The quantitative estimate of drug-likeness (QED) is 0.672. The lowest BCUT2D eigenvalue weighted by atomic mass is 10.1. The third kappa shape index (κ3) is 4.17. The molecule has 1 saturated heterocycles. The molecular formula is C14H23N3O4. The highest BCUT2D eigenvalue weighted by Crippen LogP contribution is 2.24. The summed E-state index contributed by atoms with van der Waals surface area (Å²) in [5.74, 6) is 0.0889. The van der Waals surface area contributed by atoms with Gasteiger partial charge in [0.15, 0.2) is 0 Å². The highest BCUT2D eigenvalue weighted by Gasteiger charge is 2.32. The summed E-state index contributed by atoms with van der Waals surface area (Å²) in [5.41, 5.74) is 0. The summed E-state index contributed by atoms with van der Waals surface area (Å²) in [6, 6.07) is -0.291. The van der Waals surface area contributed by atoms with E-state index in [1.165, 1.54) is 9.80 Å². The second-order valence-electron chi connectivity index (χ2n) is 5.92. The van der Waals surface area contributed by atoms with E-state index in [4.69, 9.17) is 0 Å². The van der Waals surface area contributed by atoms with Crippen molar-refractivity contribution in [2.45, 2.75) is 38.2 Å². The molecule has 21 heavy (non-hydrogen) atoms. The monoisotopic (exact) mass is 297 g/mol. The number of carbonyl (C=O) groups is 3. The van der Waals surface area contributed by atoms with Gasteiger partial charge in [-0.25, -0.2) is 4.79 Å². The second kappa shape index (κ2) is 6.89. The van der Waals surface area contributed by atoms with Crippen LogP contribution >= 0.6 is 0 Å². The zero-order chi connectivity index (χ0) is 15.4. The van der Waals surface area contributed by atoms with E-state index in [0.29, 0.717) is 25.3 Å².